The van der Waals surface area contributed by atoms with Crippen LogP contribution in [0.2, 0.25) is 0 Å². The fraction of sp³-hybridized carbons (Fsp3) is 0. The van der Waals surface area contributed by atoms with E-state index in [1.165, 1.54) is 21.5 Å². The second-order valence-electron chi connectivity index (χ2n) is 17.1. The van der Waals surface area contributed by atoms with E-state index in [0.717, 1.165) is 60.9 Å². The average molecular weight is 879 g/mol. The Labute approximate surface area is 395 Å². The Morgan fingerprint density at radius 2 is 0.739 bits per heavy atom. The lowest BCUT2D eigenvalue weighted by Gasteiger charge is -2.14. The van der Waals surface area contributed by atoms with Crippen LogP contribution in [0.1, 0.15) is 16.7 Å². The summed E-state index contributed by atoms with van der Waals surface area (Å²) in [5.74, 6) is 0.343. The molecule has 9 aromatic carbocycles. The maximum atomic E-state index is 11.1. The molecule has 0 amide bonds. The lowest BCUT2D eigenvalue weighted by atomic mass is 10.0. The minimum Gasteiger partial charge on any atom is -0.309 e. The Balaban J connectivity index is 1.05. The number of aromatic nitrogens is 5. The van der Waals surface area contributed by atoms with Gasteiger partial charge in [0, 0.05) is 60.4 Å². The maximum absolute atomic E-state index is 11.1. The molecular formula is C61H34N8. The number of nitrogens with zero attached hydrogens (tertiary/aromatic N) is 8. The van der Waals surface area contributed by atoms with Crippen LogP contribution in [0.4, 0.5) is 0 Å². The molecule has 69 heavy (non-hydrogen) atoms. The van der Waals surface area contributed by atoms with Crippen molar-refractivity contribution in [3.8, 4) is 69.2 Å². The quantitative estimate of drug-likeness (QED) is 0.165. The van der Waals surface area contributed by atoms with Crippen LogP contribution in [0.3, 0.4) is 0 Å². The molecule has 4 aromatic heterocycles. The van der Waals surface area contributed by atoms with E-state index in [1.54, 1.807) is 18.2 Å². The summed E-state index contributed by atoms with van der Waals surface area (Å²) in [6.45, 7) is 0. The highest BCUT2D eigenvalue weighted by Crippen LogP contribution is 2.41. The number of benzene rings is 9. The van der Waals surface area contributed by atoms with Gasteiger partial charge in [0.05, 0.1) is 79.0 Å². The van der Waals surface area contributed by atoms with Crippen molar-refractivity contribution < 1.29 is 0 Å². The van der Waals surface area contributed by atoms with E-state index in [1.807, 2.05) is 54.6 Å². The number of nitriles is 3. The van der Waals surface area contributed by atoms with E-state index in [-0.39, 0.29) is 0 Å². The van der Waals surface area contributed by atoms with Crippen molar-refractivity contribution in [3.05, 3.63) is 223 Å². The normalized spacial score (nSPS) is 11.4. The Morgan fingerprint density at radius 1 is 0.319 bits per heavy atom. The summed E-state index contributed by atoms with van der Waals surface area (Å²) in [4.78, 5) is 9.94. The Hall–Kier alpha value is -10.1. The fourth-order valence-corrected chi connectivity index (χ4v) is 10.4. The average Bonchev–Trinajstić information content (AvgIpc) is 4.05. The summed E-state index contributed by atoms with van der Waals surface area (Å²) < 4.78 is 6.88. The van der Waals surface area contributed by atoms with Gasteiger partial charge in [0.15, 0.2) is 5.82 Å². The standard InChI is InChI=1S/C61H34N8/c62-35-39-13-1-3-15-44(39)53-34-52(65-61(66-53)45-16-4-2-14-40(45)36-63)38-25-28-54(41(31-38)37-64)69-59-29-26-42(67-55-21-9-5-17-46(55)47-18-6-10-22-56(47)67)32-50(59)51-33-43(27-30-60(51)69)68-57-23-11-7-19-48(57)49-20-8-12-24-58(49)68/h1-34H. The molecule has 13 aromatic rings. The second kappa shape index (κ2) is 15.5. The molecule has 0 saturated carbocycles. The van der Waals surface area contributed by atoms with Gasteiger partial charge in [-0.1, -0.05) is 109 Å². The molecule has 0 fully saturated rings. The minimum atomic E-state index is 0.343. The zero-order chi connectivity index (χ0) is 46.2. The van der Waals surface area contributed by atoms with Crippen molar-refractivity contribution in [2.24, 2.45) is 0 Å². The smallest absolute Gasteiger partial charge is 0.161 e. The van der Waals surface area contributed by atoms with Crippen molar-refractivity contribution in [1.82, 2.24) is 23.7 Å². The molecule has 0 unspecified atom stereocenters. The van der Waals surface area contributed by atoms with Gasteiger partial charge in [0.25, 0.3) is 0 Å². The first-order chi connectivity index (χ1) is 34.1. The summed E-state index contributed by atoms with van der Waals surface area (Å²) in [5.41, 5.74) is 13.5. The molecule has 8 heteroatoms. The van der Waals surface area contributed by atoms with E-state index < -0.39 is 0 Å². The predicted molar refractivity (Wildman–Crippen MR) is 276 cm³/mol. The third kappa shape index (κ3) is 6.06. The zero-order valence-electron chi connectivity index (χ0n) is 36.7. The van der Waals surface area contributed by atoms with Crippen LogP contribution in [0.25, 0.3) is 116 Å². The number of para-hydroxylation sites is 4. The third-order valence-corrected chi connectivity index (χ3v) is 13.4. The molecule has 0 aliphatic rings. The lowest BCUT2D eigenvalue weighted by molar-refractivity contribution is 1.15. The maximum Gasteiger partial charge on any atom is 0.161 e. The minimum absolute atomic E-state index is 0.343. The highest BCUT2D eigenvalue weighted by Gasteiger charge is 2.22. The van der Waals surface area contributed by atoms with E-state index in [4.69, 9.17) is 9.97 Å². The van der Waals surface area contributed by atoms with Crippen LogP contribution >= 0.6 is 0 Å². The van der Waals surface area contributed by atoms with Gasteiger partial charge < -0.3 is 13.7 Å². The van der Waals surface area contributed by atoms with E-state index in [9.17, 15) is 15.8 Å². The van der Waals surface area contributed by atoms with E-state index in [0.29, 0.717) is 50.6 Å². The van der Waals surface area contributed by atoms with Gasteiger partial charge in [-0.3, -0.25) is 0 Å². The van der Waals surface area contributed by atoms with Gasteiger partial charge in [0.2, 0.25) is 0 Å². The largest absolute Gasteiger partial charge is 0.309 e. The summed E-state index contributed by atoms with van der Waals surface area (Å²) in [6.07, 6.45) is 0. The summed E-state index contributed by atoms with van der Waals surface area (Å²) in [5, 5.41) is 38.1. The first-order valence-corrected chi connectivity index (χ1v) is 22.6. The van der Waals surface area contributed by atoms with Crippen molar-refractivity contribution in [2.45, 2.75) is 0 Å². The number of rotatable bonds is 6. The Bertz CT molecular complexity index is 4080. The molecule has 0 aliphatic carbocycles. The second-order valence-corrected chi connectivity index (χ2v) is 17.1. The van der Waals surface area contributed by atoms with Gasteiger partial charge in [-0.25, -0.2) is 9.97 Å². The molecule has 0 saturated heterocycles. The number of hydrogen-bond donors (Lipinski definition) is 0. The van der Waals surface area contributed by atoms with E-state index >= 15 is 0 Å². The topological polar surface area (TPSA) is 112 Å². The number of hydrogen-bond acceptors (Lipinski definition) is 5. The van der Waals surface area contributed by atoms with Gasteiger partial charge in [-0.2, -0.15) is 15.8 Å². The lowest BCUT2D eigenvalue weighted by Crippen LogP contribution is -2.01. The van der Waals surface area contributed by atoms with Gasteiger partial charge in [-0.15, -0.1) is 0 Å². The molecule has 0 atom stereocenters. The van der Waals surface area contributed by atoms with Gasteiger partial charge in [0.1, 0.15) is 6.07 Å². The SMILES string of the molecule is N#Cc1ccccc1-c1cc(-c2ccc(-n3c4ccc(-n5c6ccccc6c6ccccc65)cc4c4cc(-n5c6ccccc6c6ccccc65)ccc43)c(C#N)c2)nc(-c2ccccc2C#N)n1. The molecule has 13 rings (SSSR count). The molecule has 0 bridgehead atoms. The molecule has 4 heterocycles. The molecule has 0 aliphatic heterocycles. The van der Waals surface area contributed by atoms with Crippen LogP contribution in [0, 0.1) is 34.0 Å². The molecule has 0 radical (unpaired) electrons. The van der Waals surface area contributed by atoms with Crippen LogP contribution < -0.4 is 0 Å². The van der Waals surface area contributed by atoms with Crippen molar-refractivity contribution >= 4 is 65.4 Å². The molecule has 0 spiro atoms. The van der Waals surface area contributed by atoms with Crippen molar-refractivity contribution in [1.29, 1.82) is 15.8 Å². The van der Waals surface area contributed by atoms with Gasteiger partial charge in [-0.05, 0) is 97.1 Å². The van der Waals surface area contributed by atoms with Crippen LogP contribution in [-0.4, -0.2) is 23.7 Å². The first-order valence-electron chi connectivity index (χ1n) is 22.6. The van der Waals surface area contributed by atoms with E-state index in [2.05, 4.69) is 165 Å². The highest BCUT2D eigenvalue weighted by molar-refractivity contribution is 6.14. The fourth-order valence-electron chi connectivity index (χ4n) is 10.4. The van der Waals surface area contributed by atoms with Crippen molar-refractivity contribution in [2.75, 3.05) is 0 Å². The summed E-state index contributed by atoms with van der Waals surface area (Å²) >= 11 is 0. The number of fused-ring (bicyclic) bond motifs is 9. The predicted octanol–water partition coefficient (Wildman–Crippen LogP) is 14.4. The van der Waals surface area contributed by atoms with Crippen LogP contribution in [0.15, 0.2) is 206 Å². The Morgan fingerprint density at radius 3 is 1.25 bits per heavy atom. The van der Waals surface area contributed by atoms with Crippen LogP contribution in [0.5, 0.6) is 0 Å². The molecule has 0 N–H and O–H groups in total. The highest BCUT2D eigenvalue weighted by atomic mass is 15.0. The summed E-state index contributed by atoms with van der Waals surface area (Å²) in [7, 11) is 0. The molecule has 8 nitrogen and oxygen atoms in total. The Kier molecular flexibility index (Phi) is 8.85. The van der Waals surface area contributed by atoms with Crippen molar-refractivity contribution in [3.63, 3.8) is 0 Å². The molecule has 318 valence electrons. The van der Waals surface area contributed by atoms with Crippen LogP contribution in [-0.2, 0) is 0 Å². The third-order valence-electron chi connectivity index (χ3n) is 13.4. The van der Waals surface area contributed by atoms with Gasteiger partial charge >= 0.3 is 0 Å². The molecular weight excluding hydrogens is 845 g/mol. The first kappa shape index (κ1) is 39.3. The summed E-state index contributed by atoms with van der Waals surface area (Å²) in [6, 6.07) is 76.7. The monoisotopic (exact) mass is 878 g/mol. The zero-order valence-corrected chi connectivity index (χ0v) is 36.7.